The van der Waals surface area contributed by atoms with Gasteiger partial charge in [0.2, 0.25) is 0 Å². The van der Waals surface area contributed by atoms with Crippen molar-refractivity contribution in [2.24, 2.45) is 5.92 Å². The molecule has 0 amide bonds. The van der Waals surface area contributed by atoms with Crippen LogP contribution in [-0.2, 0) is 0 Å². The molecule has 0 unspecified atom stereocenters. The van der Waals surface area contributed by atoms with Gasteiger partial charge in [-0.2, -0.15) is 0 Å². The monoisotopic (exact) mass is 323 g/mol. The van der Waals surface area contributed by atoms with E-state index in [1.54, 1.807) is 12.1 Å². The third kappa shape index (κ3) is 2.13. The van der Waals surface area contributed by atoms with Gasteiger partial charge in [0.15, 0.2) is 0 Å². The van der Waals surface area contributed by atoms with Crippen LogP contribution in [0.15, 0.2) is 48.6 Å². The molecule has 1 heterocycles. The molecule has 2 aromatic carbocycles. The molecule has 0 bridgehead atoms. The van der Waals surface area contributed by atoms with Gasteiger partial charge in [-0.3, -0.25) is 0 Å². The van der Waals surface area contributed by atoms with Gasteiger partial charge < -0.3 is 10.4 Å². The van der Waals surface area contributed by atoms with Crippen molar-refractivity contribution < 1.29 is 14.3 Å². The van der Waals surface area contributed by atoms with E-state index in [1.165, 1.54) is 6.07 Å². The van der Waals surface area contributed by atoms with Crippen LogP contribution in [0.25, 0.3) is 0 Å². The van der Waals surface area contributed by atoms with E-state index in [4.69, 9.17) is 0 Å². The number of carboxylic acid groups (broad SMARTS) is 1. The molecule has 2 N–H and O–H groups in total. The van der Waals surface area contributed by atoms with Crippen LogP contribution in [0.1, 0.15) is 45.4 Å². The molecule has 24 heavy (non-hydrogen) atoms. The van der Waals surface area contributed by atoms with Crippen LogP contribution in [0.5, 0.6) is 0 Å². The Bertz CT molecular complexity index is 859. The first kappa shape index (κ1) is 14.9. The Morgan fingerprint density at radius 1 is 1.25 bits per heavy atom. The van der Waals surface area contributed by atoms with Crippen molar-refractivity contribution in [2.45, 2.75) is 25.3 Å². The lowest BCUT2D eigenvalue weighted by Crippen LogP contribution is -2.31. The minimum absolute atomic E-state index is 0.00291. The number of rotatable bonds is 2. The zero-order valence-electron chi connectivity index (χ0n) is 13.3. The van der Waals surface area contributed by atoms with Crippen LogP contribution in [0, 0.1) is 18.7 Å². The highest BCUT2D eigenvalue weighted by Gasteiger charge is 2.41. The first-order valence-corrected chi connectivity index (χ1v) is 8.12. The van der Waals surface area contributed by atoms with E-state index in [-0.39, 0.29) is 23.7 Å². The molecule has 1 aliphatic carbocycles. The predicted molar refractivity (Wildman–Crippen MR) is 90.9 cm³/mol. The summed E-state index contributed by atoms with van der Waals surface area (Å²) in [4.78, 5) is 11.7. The van der Waals surface area contributed by atoms with Gasteiger partial charge in [0.1, 0.15) is 5.82 Å². The van der Waals surface area contributed by atoms with Crippen molar-refractivity contribution in [3.63, 3.8) is 0 Å². The number of aromatic carboxylic acids is 1. The average molecular weight is 323 g/mol. The summed E-state index contributed by atoms with van der Waals surface area (Å²) in [6, 6.07) is 10.1. The SMILES string of the molecule is Cc1ccc(C(=O)O)c2c1N[C@H](c1ccccc1F)[C@@H]1CC=C[C@H]21. The minimum Gasteiger partial charge on any atom is -0.478 e. The maximum absolute atomic E-state index is 14.4. The molecule has 4 heteroatoms. The van der Waals surface area contributed by atoms with Gasteiger partial charge in [-0.15, -0.1) is 0 Å². The maximum atomic E-state index is 14.4. The van der Waals surface area contributed by atoms with E-state index >= 15 is 0 Å². The number of nitrogens with one attached hydrogen (secondary N) is 1. The van der Waals surface area contributed by atoms with Crippen LogP contribution in [0.2, 0.25) is 0 Å². The summed E-state index contributed by atoms with van der Waals surface area (Å²) in [5.74, 6) is -1.03. The molecule has 4 rings (SSSR count). The lowest BCUT2D eigenvalue weighted by atomic mass is 9.74. The maximum Gasteiger partial charge on any atom is 0.336 e. The summed E-state index contributed by atoms with van der Waals surface area (Å²) in [6.45, 7) is 1.95. The highest BCUT2D eigenvalue weighted by molar-refractivity contribution is 5.93. The van der Waals surface area contributed by atoms with Crippen LogP contribution in [-0.4, -0.2) is 11.1 Å². The predicted octanol–water partition coefficient (Wildman–Crippen LogP) is 4.66. The zero-order valence-corrected chi connectivity index (χ0v) is 13.3. The molecule has 2 aromatic rings. The van der Waals surface area contributed by atoms with Crippen molar-refractivity contribution in [3.8, 4) is 0 Å². The molecule has 3 atom stereocenters. The first-order valence-electron chi connectivity index (χ1n) is 8.12. The molecule has 1 aliphatic heterocycles. The highest BCUT2D eigenvalue weighted by atomic mass is 19.1. The molecular formula is C20H18FNO2. The van der Waals surface area contributed by atoms with Gasteiger partial charge in [0.25, 0.3) is 0 Å². The largest absolute Gasteiger partial charge is 0.478 e. The van der Waals surface area contributed by atoms with E-state index in [9.17, 15) is 14.3 Å². The van der Waals surface area contributed by atoms with Gasteiger partial charge in [-0.1, -0.05) is 36.4 Å². The van der Waals surface area contributed by atoms with Gasteiger partial charge in [-0.05, 0) is 42.5 Å². The number of carbonyl (C=O) groups is 1. The number of hydrogen-bond donors (Lipinski definition) is 2. The topological polar surface area (TPSA) is 49.3 Å². The average Bonchev–Trinajstić information content (AvgIpc) is 3.05. The number of anilines is 1. The third-order valence-corrected chi connectivity index (χ3v) is 5.20. The van der Waals surface area contributed by atoms with Crippen molar-refractivity contribution in [1.29, 1.82) is 0 Å². The molecule has 122 valence electrons. The van der Waals surface area contributed by atoms with E-state index in [0.29, 0.717) is 11.1 Å². The second-order valence-electron chi connectivity index (χ2n) is 6.52. The number of benzene rings is 2. The highest BCUT2D eigenvalue weighted by Crippen LogP contribution is 2.51. The van der Waals surface area contributed by atoms with Crippen molar-refractivity contribution in [1.82, 2.24) is 0 Å². The quantitative estimate of drug-likeness (QED) is 0.790. The Morgan fingerprint density at radius 3 is 2.79 bits per heavy atom. The first-order chi connectivity index (χ1) is 11.6. The summed E-state index contributed by atoms with van der Waals surface area (Å²) >= 11 is 0. The molecule has 0 aromatic heterocycles. The molecule has 0 spiro atoms. The molecular weight excluding hydrogens is 305 g/mol. The second-order valence-corrected chi connectivity index (χ2v) is 6.52. The summed E-state index contributed by atoms with van der Waals surface area (Å²) in [5.41, 5.74) is 3.61. The number of allylic oxidation sites excluding steroid dienone is 2. The molecule has 3 nitrogen and oxygen atoms in total. The lowest BCUT2D eigenvalue weighted by molar-refractivity contribution is 0.0695. The van der Waals surface area contributed by atoms with Crippen molar-refractivity contribution in [3.05, 3.63) is 76.6 Å². The summed E-state index contributed by atoms with van der Waals surface area (Å²) < 4.78 is 14.4. The Balaban J connectivity index is 1.90. The van der Waals surface area contributed by atoms with Crippen LogP contribution < -0.4 is 5.32 Å². The number of carboxylic acids is 1. The molecule has 0 saturated heterocycles. The Hall–Kier alpha value is -2.62. The van der Waals surface area contributed by atoms with Crippen LogP contribution >= 0.6 is 0 Å². The molecule has 0 radical (unpaired) electrons. The fraction of sp³-hybridized carbons (Fsp3) is 0.250. The number of aryl methyl sites for hydroxylation is 1. The fourth-order valence-corrected chi connectivity index (χ4v) is 4.08. The summed E-state index contributed by atoms with van der Waals surface area (Å²) in [7, 11) is 0. The molecule has 0 saturated carbocycles. The number of hydrogen-bond acceptors (Lipinski definition) is 2. The van der Waals surface area contributed by atoms with Gasteiger partial charge in [0, 0.05) is 17.2 Å². The molecule has 0 fully saturated rings. The van der Waals surface area contributed by atoms with Crippen molar-refractivity contribution >= 4 is 11.7 Å². The Labute approximate surface area is 139 Å². The second kappa shape index (κ2) is 5.48. The summed E-state index contributed by atoms with van der Waals surface area (Å²) in [6.07, 6.45) is 4.96. The van der Waals surface area contributed by atoms with E-state index < -0.39 is 5.97 Å². The Kier molecular flexibility index (Phi) is 3.41. The van der Waals surface area contributed by atoms with E-state index in [2.05, 4.69) is 17.5 Å². The number of halogens is 1. The summed E-state index contributed by atoms with van der Waals surface area (Å²) in [5, 5.41) is 13.0. The standard InChI is InChI=1S/C20H18FNO2/c1-11-9-10-15(20(23)24)17-12-6-4-7-13(12)19(22-18(11)17)14-5-2-3-8-16(14)21/h2-6,8-10,12-13,19,22H,7H2,1H3,(H,23,24)/t12-,13+,19-/m0/s1. The smallest absolute Gasteiger partial charge is 0.336 e. The Morgan fingerprint density at radius 2 is 2.04 bits per heavy atom. The minimum atomic E-state index is -0.920. The normalized spacial score (nSPS) is 24.2. The van der Waals surface area contributed by atoms with Crippen molar-refractivity contribution in [2.75, 3.05) is 5.32 Å². The van der Waals surface area contributed by atoms with E-state index in [0.717, 1.165) is 23.2 Å². The van der Waals surface area contributed by atoms with Gasteiger partial charge in [-0.25, -0.2) is 9.18 Å². The van der Waals surface area contributed by atoms with Crippen LogP contribution in [0.3, 0.4) is 0 Å². The van der Waals surface area contributed by atoms with Gasteiger partial charge in [0.05, 0.1) is 11.6 Å². The zero-order chi connectivity index (χ0) is 16.8. The number of fused-ring (bicyclic) bond motifs is 3. The lowest BCUT2D eigenvalue weighted by Gasteiger charge is -2.39. The van der Waals surface area contributed by atoms with Gasteiger partial charge >= 0.3 is 5.97 Å². The molecule has 2 aliphatic rings. The van der Waals surface area contributed by atoms with Crippen LogP contribution in [0.4, 0.5) is 10.1 Å². The third-order valence-electron chi connectivity index (χ3n) is 5.20. The fourth-order valence-electron chi connectivity index (χ4n) is 4.08. The van der Waals surface area contributed by atoms with E-state index in [1.807, 2.05) is 25.1 Å².